The number of nitrogens with zero attached hydrogens (tertiary/aromatic N) is 2. The van der Waals surface area contributed by atoms with Crippen molar-refractivity contribution in [1.29, 1.82) is 0 Å². The van der Waals surface area contributed by atoms with E-state index in [2.05, 4.69) is 30.9 Å². The zero-order valence-electron chi connectivity index (χ0n) is 10.4. The maximum absolute atomic E-state index is 11.8. The van der Waals surface area contributed by atoms with Gasteiger partial charge < -0.3 is 4.98 Å². The second kappa shape index (κ2) is 5.38. The van der Waals surface area contributed by atoms with E-state index < -0.39 is 0 Å². The molecule has 98 valence electrons. The molecule has 0 saturated carbocycles. The highest BCUT2D eigenvalue weighted by atomic mass is 79.9. The highest BCUT2D eigenvalue weighted by Gasteiger charge is 2.06. The molecule has 2 aromatic heterocycles. The smallest absolute Gasteiger partial charge is 0.251 e. The lowest BCUT2D eigenvalue weighted by Crippen LogP contribution is -2.08. The van der Waals surface area contributed by atoms with Crippen molar-refractivity contribution in [1.82, 2.24) is 15.0 Å². The van der Waals surface area contributed by atoms with Crippen molar-refractivity contribution >= 4 is 15.9 Å². The Kier molecular flexibility index (Phi) is 3.43. The quantitative estimate of drug-likeness (QED) is 0.785. The molecule has 0 spiro atoms. The van der Waals surface area contributed by atoms with Crippen LogP contribution in [-0.4, -0.2) is 15.0 Å². The van der Waals surface area contributed by atoms with Crippen molar-refractivity contribution in [2.24, 2.45) is 0 Å². The standard InChI is InChI=1S/C15H10BrN3O/c16-12-6-11(8-17-9-12)15-18-13(7-14(20)19-15)10-4-2-1-3-5-10/h1-9H,(H,18,19,20). The molecule has 1 N–H and O–H groups in total. The minimum Gasteiger partial charge on any atom is -0.306 e. The van der Waals surface area contributed by atoms with E-state index in [0.717, 1.165) is 15.6 Å². The maximum Gasteiger partial charge on any atom is 0.251 e. The van der Waals surface area contributed by atoms with Crippen LogP contribution in [-0.2, 0) is 0 Å². The van der Waals surface area contributed by atoms with Gasteiger partial charge in [0.15, 0.2) is 0 Å². The summed E-state index contributed by atoms with van der Waals surface area (Å²) in [4.78, 5) is 23.1. The molecule has 3 aromatic rings. The largest absolute Gasteiger partial charge is 0.306 e. The monoisotopic (exact) mass is 327 g/mol. The zero-order chi connectivity index (χ0) is 13.9. The first-order valence-electron chi connectivity index (χ1n) is 6.00. The summed E-state index contributed by atoms with van der Waals surface area (Å²) in [5.74, 6) is 0.505. The van der Waals surface area contributed by atoms with E-state index in [9.17, 15) is 4.79 Å². The second-order valence-corrected chi connectivity index (χ2v) is 5.15. The Bertz CT molecular complexity index is 799. The maximum atomic E-state index is 11.8. The molecule has 2 heterocycles. The van der Waals surface area contributed by atoms with Gasteiger partial charge in [0.2, 0.25) is 0 Å². The number of H-pyrrole nitrogens is 1. The SMILES string of the molecule is O=c1cc(-c2ccccc2)nc(-c2cncc(Br)c2)[nH]1. The zero-order valence-corrected chi connectivity index (χ0v) is 12.0. The molecule has 0 atom stereocenters. The Morgan fingerprint density at radius 3 is 2.55 bits per heavy atom. The number of aromatic amines is 1. The summed E-state index contributed by atoms with van der Waals surface area (Å²) in [6.45, 7) is 0. The van der Waals surface area contributed by atoms with Crippen LogP contribution in [0.2, 0.25) is 0 Å². The van der Waals surface area contributed by atoms with E-state index in [1.807, 2.05) is 36.4 Å². The number of hydrogen-bond acceptors (Lipinski definition) is 3. The normalized spacial score (nSPS) is 10.4. The van der Waals surface area contributed by atoms with Crippen molar-refractivity contribution in [2.75, 3.05) is 0 Å². The molecule has 0 aliphatic carbocycles. The molecule has 0 bridgehead atoms. The van der Waals surface area contributed by atoms with E-state index >= 15 is 0 Å². The lowest BCUT2D eigenvalue weighted by Gasteiger charge is -2.04. The number of benzene rings is 1. The van der Waals surface area contributed by atoms with Crippen LogP contribution in [0.1, 0.15) is 0 Å². The molecule has 4 nitrogen and oxygen atoms in total. The van der Waals surface area contributed by atoms with Gasteiger partial charge in [-0.3, -0.25) is 9.78 Å². The Morgan fingerprint density at radius 1 is 1.00 bits per heavy atom. The first-order chi connectivity index (χ1) is 9.72. The van der Waals surface area contributed by atoms with E-state index in [-0.39, 0.29) is 5.56 Å². The molecule has 0 aliphatic rings. The van der Waals surface area contributed by atoms with E-state index in [1.165, 1.54) is 6.07 Å². The van der Waals surface area contributed by atoms with Crippen molar-refractivity contribution in [2.45, 2.75) is 0 Å². The topological polar surface area (TPSA) is 58.6 Å². The van der Waals surface area contributed by atoms with Gasteiger partial charge in [-0.05, 0) is 22.0 Å². The summed E-state index contributed by atoms with van der Waals surface area (Å²) in [6, 6.07) is 13.0. The Hall–Kier alpha value is -2.27. The molecule has 0 saturated heterocycles. The van der Waals surface area contributed by atoms with Gasteiger partial charge in [0.05, 0.1) is 5.69 Å². The summed E-state index contributed by atoms with van der Waals surface area (Å²) < 4.78 is 0.836. The van der Waals surface area contributed by atoms with Gasteiger partial charge in [-0.2, -0.15) is 0 Å². The number of hydrogen-bond donors (Lipinski definition) is 1. The molecule has 0 aliphatic heterocycles. The van der Waals surface area contributed by atoms with Crippen LogP contribution in [0.3, 0.4) is 0 Å². The molecule has 0 fully saturated rings. The van der Waals surface area contributed by atoms with Crippen LogP contribution in [0, 0.1) is 0 Å². The molecule has 0 amide bonds. The first-order valence-corrected chi connectivity index (χ1v) is 6.79. The highest BCUT2D eigenvalue weighted by Crippen LogP contribution is 2.20. The van der Waals surface area contributed by atoms with E-state index in [1.54, 1.807) is 12.4 Å². The van der Waals surface area contributed by atoms with Crippen LogP contribution in [0.4, 0.5) is 0 Å². The summed E-state index contributed by atoms with van der Waals surface area (Å²) in [6.07, 6.45) is 3.35. The number of rotatable bonds is 2. The van der Waals surface area contributed by atoms with Crippen molar-refractivity contribution in [3.8, 4) is 22.6 Å². The van der Waals surface area contributed by atoms with Gasteiger partial charge in [-0.1, -0.05) is 30.3 Å². The highest BCUT2D eigenvalue weighted by molar-refractivity contribution is 9.10. The molecule has 0 unspecified atom stereocenters. The lowest BCUT2D eigenvalue weighted by atomic mass is 10.1. The van der Waals surface area contributed by atoms with Crippen molar-refractivity contribution in [3.63, 3.8) is 0 Å². The average molecular weight is 328 g/mol. The fraction of sp³-hybridized carbons (Fsp3) is 0. The lowest BCUT2D eigenvalue weighted by molar-refractivity contribution is 1.12. The third-order valence-corrected chi connectivity index (χ3v) is 3.22. The summed E-state index contributed by atoms with van der Waals surface area (Å²) in [7, 11) is 0. The molecular formula is C15H10BrN3O. The fourth-order valence-electron chi connectivity index (χ4n) is 1.89. The minimum atomic E-state index is -0.186. The van der Waals surface area contributed by atoms with E-state index in [0.29, 0.717) is 11.5 Å². The predicted octanol–water partition coefficient (Wildman–Crippen LogP) is 3.26. The summed E-state index contributed by atoms with van der Waals surface area (Å²) in [5, 5.41) is 0. The van der Waals surface area contributed by atoms with Gasteiger partial charge in [0, 0.05) is 34.1 Å². The van der Waals surface area contributed by atoms with E-state index in [4.69, 9.17) is 0 Å². The van der Waals surface area contributed by atoms with Gasteiger partial charge >= 0.3 is 0 Å². The van der Waals surface area contributed by atoms with Crippen LogP contribution < -0.4 is 5.56 Å². The number of pyridine rings is 1. The molecule has 20 heavy (non-hydrogen) atoms. The molecular weight excluding hydrogens is 318 g/mol. The Morgan fingerprint density at radius 2 is 1.80 bits per heavy atom. The second-order valence-electron chi connectivity index (χ2n) is 4.24. The first kappa shape index (κ1) is 12.7. The van der Waals surface area contributed by atoms with Crippen molar-refractivity contribution < 1.29 is 0 Å². The Balaban J connectivity index is 2.15. The Labute approximate surface area is 123 Å². The van der Waals surface area contributed by atoms with Crippen LogP contribution in [0.25, 0.3) is 22.6 Å². The molecule has 1 aromatic carbocycles. The summed E-state index contributed by atoms with van der Waals surface area (Å²) in [5.41, 5.74) is 2.12. The van der Waals surface area contributed by atoms with Crippen molar-refractivity contribution in [3.05, 3.63) is 69.7 Å². The minimum absolute atomic E-state index is 0.186. The van der Waals surface area contributed by atoms with Crippen LogP contribution >= 0.6 is 15.9 Å². The molecule has 5 heteroatoms. The van der Waals surface area contributed by atoms with Gasteiger partial charge in [-0.25, -0.2) is 4.98 Å². The third-order valence-electron chi connectivity index (χ3n) is 2.79. The van der Waals surface area contributed by atoms with Gasteiger partial charge in [-0.15, -0.1) is 0 Å². The predicted molar refractivity (Wildman–Crippen MR) is 81.2 cm³/mol. The fourth-order valence-corrected chi connectivity index (χ4v) is 2.26. The van der Waals surface area contributed by atoms with Crippen LogP contribution in [0.15, 0.2) is 64.1 Å². The number of aromatic nitrogens is 3. The average Bonchev–Trinajstić information content (AvgIpc) is 2.47. The van der Waals surface area contributed by atoms with Gasteiger partial charge in [0.25, 0.3) is 5.56 Å². The molecule has 0 radical (unpaired) electrons. The number of halogens is 1. The third kappa shape index (κ3) is 2.67. The summed E-state index contributed by atoms with van der Waals surface area (Å²) >= 11 is 3.36. The van der Waals surface area contributed by atoms with Gasteiger partial charge in [0.1, 0.15) is 5.82 Å². The number of nitrogens with one attached hydrogen (secondary N) is 1. The molecule has 3 rings (SSSR count). The van der Waals surface area contributed by atoms with Crippen LogP contribution in [0.5, 0.6) is 0 Å².